The van der Waals surface area contributed by atoms with Gasteiger partial charge in [-0.15, -0.1) is 0 Å². The highest BCUT2D eigenvalue weighted by molar-refractivity contribution is 5.85. The predicted molar refractivity (Wildman–Crippen MR) is 91.9 cm³/mol. The number of rotatable bonds is 5. The molecule has 23 heavy (non-hydrogen) atoms. The summed E-state index contributed by atoms with van der Waals surface area (Å²) in [6.45, 7) is 6.07. The van der Waals surface area contributed by atoms with Crippen LogP contribution in [0.25, 0.3) is 0 Å². The van der Waals surface area contributed by atoms with Crippen molar-refractivity contribution in [2.24, 2.45) is 0 Å². The van der Waals surface area contributed by atoms with Crippen molar-refractivity contribution in [2.45, 2.75) is 32.8 Å². The number of hydrogen-bond donors (Lipinski definition) is 1. The molecule has 1 amide bonds. The third-order valence-corrected chi connectivity index (χ3v) is 2.98. The van der Waals surface area contributed by atoms with Crippen LogP contribution in [0, 0.1) is 0 Å². The molecule has 4 nitrogen and oxygen atoms in total. The van der Waals surface area contributed by atoms with E-state index in [4.69, 9.17) is 9.47 Å². The van der Waals surface area contributed by atoms with E-state index in [9.17, 15) is 4.79 Å². The van der Waals surface area contributed by atoms with E-state index < -0.39 is 11.7 Å². The zero-order valence-corrected chi connectivity index (χ0v) is 13.8. The average molecular weight is 313 g/mol. The van der Waals surface area contributed by atoms with Gasteiger partial charge in [0.2, 0.25) is 0 Å². The Morgan fingerprint density at radius 1 is 1.04 bits per heavy atom. The Morgan fingerprint density at radius 2 is 1.78 bits per heavy atom. The highest BCUT2D eigenvalue weighted by atomic mass is 16.6. The molecule has 0 bridgehead atoms. The molecule has 0 aromatic heterocycles. The Morgan fingerprint density at radius 3 is 2.48 bits per heavy atom. The van der Waals surface area contributed by atoms with Crippen molar-refractivity contribution >= 4 is 11.8 Å². The number of amides is 1. The Hall–Kier alpha value is -2.49. The molecule has 2 rings (SSSR count). The van der Waals surface area contributed by atoms with E-state index in [0.29, 0.717) is 12.3 Å². The molecule has 0 unspecified atom stereocenters. The van der Waals surface area contributed by atoms with Crippen LogP contribution in [0.3, 0.4) is 0 Å². The van der Waals surface area contributed by atoms with Crippen LogP contribution < -0.4 is 10.1 Å². The highest BCUT2D eigenvalue weighted by Crippen LogP contribution is 2.18. The zero-order valence-electron chi connectivity index (χ0n) is 13.8. The molecule has 0 aliphatic carbocycles. The van der Waals surface area contributed by atoms with Gasteiger partial charge in [-0.3, -0.25) is 5.32 Å². The van der Waals surface area contributed by atoms with Gasteiger partial charge in [0, 0.05) is 18.2 Å². The number of ether oxygens (including phenoxy) is 2. The molecule has 1 N–H and O–H groups in total. The first kappa shape index (κ1) is 16.9. The van der Waals surface area contributed by atoms with E-state index in [2.05, 4.69) is 17.4 Å². The van der Waals surface area contributed by atoms with Crippen LogP contribution in [-0.4, -0.2) is 18.3 Å². The van der Waals surface area contributed by atoms with Crippen molar-refractivity contribution in [3.8, 4) is 5.75 Å². The second-order valence-corrected chi connectivity index (χ2v) is 6.24. The van der Waals surface area contributed by atoms with Gasteiger partial charge in [0.1, 0.15) is 11.4 Å². The fraction of sp³-hybridized carbons (Fsp3) is 0.316. The quantitative estimate of drug-likeness (QED) is 0.873. The van der Waals surface area contributed by atoms with Gasteiger partial charge in [-0.05, 0) is 38.5 Å². The first-order valence-electron chi connectivity index (χ1n) is 7.69. The molecule has 122 valence electrons. The molecule has 2 aromatic carbocycles. The SMILES string of the molecule is CC(C)(C)OC(=O)Nc1cccc(OCCc2ccccc2)c1. The second-order valence-electron chi connectivity index (χ2n) is 6.24. The summed E-state index contributed by atoms with van der Waals surface area (Å²) < 4.78 is 11.0. The van der Waals surface area contributed by atoms with Gasteiger partial charge in [0.05, 0.1) is 6.61 Å². The molecular formula is C19H23NO3. The summed E-state index contributed by atoms with van der Waals surface area (Å²) in [4.78, 5) is 11.8. The number of benzene rings is 2. The van der Waals surface area contributed by atoms with Crippen LogP contribution in [0.2, 0.25) is 0 Å². The van der Waals surface area contributed by atoms with E-state index in [1.165, 1.54) is 5.56 Å². The molecule has 0 aliphatic rings. The van der Waals surface area contributed by atoms with Crippen molar-refractivity contribution in [1.82, 2.24) is 0 Å². The highest BCUT2D eigenvalue weighted by Gasteiger charge is 2.16. The zero-order chi connectivity index (χ0) is 16.7. The van der Waals surface area contributed by atoms with Gasteiger partial charge >= 0.3 is 6.09 Å². The normalized spacial score (nSPS) is 10.9. The van der Waals surface area contributed by atoms with Crippen LogP contribution in [0.4, 0.5) is 10.5 Å². The molecule has 0 atom stereocenters. The third kappa shape index (κ3) is 6.43. The van der Waals surface area contributed by atoms with Crippen molar-refractivity contribution in [2.75, 3.05) is 11.9 Å². The lowest BCUT2D eigenvalue weighted by atomic mass is 10.2. The van der Waals surface area contributed by atoms with Gasteiger partial charge in [-0.1, -0.05) is 36.4 Å². The summed E-state index contributed by atoms with van der Waals surface area (Å²) in [5.74, 6) is 0.717. The second kappa shape index (κ2) is 7.68. The molecule has 0 aliphatic heterocycles. The maximum atomic E-state index is 11.8. The van der Waals surface area contributed by atoms with Gasteiger partial charge in [-0.25, -0.2) is 4.79 Å². The van der Waals surface area contributed by atoms with Gasteiger partial charge < -0.3 is 9.47 Å². The Bertz CT molecular complexity index is 633. The standard InChI is InChI=1S/C19H23NO3/c1-19(2,3)23-18(21)20-16-10-7-11-17(14-16)22-13-12-15-8-5-4-6-9-15/h4-11,14H,12-13H2,1-3H3,(H,20,21). The summed E-state index contributed by atoms with van der Waals surface area (Å²) in [5.41, 5.74) is 1.36. The molecular weight excluding hydrogens is 290 g/mol. The fourth-order valence-corrected chi connectivity index (χ4v) is 2.02. The maximum Gasteiger partial charge on any atom is 0.412 e. The average Bonchev–Trinajstić information content (AvgIpc) is 2.46. The lowest BCUT2D eigenvalue weighted by molar-refractivity contribution is 0.0636. The monoisotopic (exact) mass is 313 g/mol. The first-order chi connectivity index (χ1) is 10.9. The van der Waals surface area contributed by atoms with E-state index >= 15 is 0 Å². The lowest BCUT2D eigenvalue weighted by Crippen LogP contribution is -2.27. The van der Waals surface area contributed by atoms with Crippen LogP contribution in [0.15, 0.2) is 54.6 Å². The fourth-order valence-electron chi connectivity index (χ4n) is 2.02. The van der Waals surface area contributed by atoms with Crippen LogP contribution in [0.5, 0.6) is 5.75 Å². The van der Waals surface area contributed by atoms with Crippen molar-refractivity contribution in [3.05, 3.63) is 60.2 Å². The van der Waals surface area contributed by atoms with E-state index in [-0.39, 0.29) is 0 Å². The molecule has 2 aromatic rings. The Labute approximate surface area is 137 Å². The van der Waals surface area contributed by atoms with E-state index in [0.717, 1.165) is 12.2 Å². The Balaban J connectivity index is 1.86. The van der Waals surface area contributed by atoms with Crippen LogP contribution >= 0.6 is 0 Å². The van der Waals surface area contributed by atoms with Gasteiger partial charge in [0.15, 0.2) is 0 Å². The number of carbonyl (C=O) groups excluding carboxylic acids is 1. The molecule has 0 saturated heterocycles. The van der Waals surface area contributed by atoms with Crippen molar-refractivity contribution < 1.29 is 14.3 Å². The number of carbonyl (C=O) groups is 1. The predicted octanol–water partition coefficient (Wildman–Crippen LogP) is 4.66. The summed E-state index contributed by atoms with van der Waals surface area (Å²) in [5, 5.41) is 2.71. The van der Waals surface area contributed by atoms with E-state index in [1.807, 2.05) is 51.1 Å². The molecule has 4 heteroatoms. The summed E-state index contributed by atoms with van der Waals surface area (Å²) in [7, 11) is 0. The molecule has 0 fully saturated rings. The number of hydrogen-bond acceptors (Lipinski definition) is 3. The first-order valence-corrected chi connectivity index (χ1v) is 7.69. The number of anilines is 1. The maximum absolute atomic E-state index is 11.8. The summed E-state index contributed by atoms with van der Waals surface area (Å²) in [6.07, 6.45) is 0.365. The third-order valence-electron chi connectivity index (χ3n) is 2.98. The summed E-state index contributed by atoms with van der Waals surface area (Å²) >= 11 is 0. The van der Waals surface area contributed by atoms with Gasteiger partial charge in [-0.2, -0.15) is 0 Å². The summed E-state index contributed by atoms with van der Waals surface area (Å²) in [6, 6.07) is 17.5. The molecule has 0 radical (unpaired) electrons. The molecule has 0 saturated carbocycles. The van der Waals surface area contributed by atoms with Crippen molar-refractivity contribution in [1.29, 1.82) is 0 Å². The van der Waals surface area contributed by atoms with E-state index in [1.54, 1.807) is 12.1 Å². The Kier molecular flexibility index (Phi) is 5.63. The van der Waals surface area contributed by atoms with Crippen LogP contribution in [0.1, 0.15) is 26.3 Å². The molecule has 0 heterocycles. The largest absolute Gasteiger partial charge is 0.493 e. The van der Waals surface area contributed by atoms with Crippen LogP contribution in [-0.2, 0) is 11.2 Å². The molecule has 0 spiro atoms. The topological polar surface area (TPSA) is 47.6 Å². The minimum atomic E-state index is -0.520. The minimum absolute atomic E-state index is 0.473. The lowest BCUT2D eigenvalue weighted by Gasteiger charge is -2.19. The van der Waals surface area contributed by atoms with Crippen molar-refractivity contribution in [3.63, 3.8) is 0 Å². The van der Waals surface area contributed by atoms with Gasteiger partial charge in [0.25, 0.3) is 0 Å². The minimum Gasteiger partial charge on any atom is -0.493 e. The smallest absolute Gasteiger partial charge is 0.412 e. The number of nitrogens with one attached hydrogen (secondary N) is 1.